The lowest BCUT2D eigenvalue weighted by Crippen LogP contribution is -2.35. The van der Waals surface area contributed by atoms with E-state index in [4.69, 9.17) is 5.41 Å². The summed E-state index contributed by atoms with van der Waals surface area (Å²) >= 11 is 0. The van der Waals surface area contributed by atoms with Gasteiger partial charge in [-0.2, -0.15) is 0 Å². The Morgan fingerprint density at radius 3 is 2.81 bits per heavy atom. The Hall–Kier alpha value is -1.35. The molecule has 0 aliphatic carbocycles. The summed E-state index contributed by atoms with van der Waals surface area (Å²) < 4.78 is 0. The van der Waals surface area contributed by atoms with Crippen LogP contribution in [0.25, 0.3) is 0 Å². The third-order valence-electron chi connectivity index (χ3n) is 3.06. The van der Waals surface area contributed by atoms with Gasteiger partial charge in [0.1, 0.15) is 0 Å². The molecule has 0 radical (unpaired) electrons. The van der Waals surface area contributed by atoms with E-state index in [9.17, 15) is 0 Å². The molecular formula is C13H19N3. The Morgan fingerprint density at radius 2 is 2.12 bits per heavy atom. The molecule has 0 saturated carbocycles. The Bertz CT molecular complexity index is 367. The van der Waals surface area contributed by atoms with Crippen molar-refractivity contribution in [3.05, 3.63) is 29.3 Å². The summed E-state index contributed by atoms with van der Waals surface area (Å²) in [6.07, 6.45) is 3.74. The lowest BCUT2D eigenvalue weighted by atomic mass is 10.0. The van der Waals surface area contributed by atoms with Crippen LogP contribution in [-0.4, -0.2) is 25.3 Å². The minimum Gasteiger partial charge on any atom is -0.382 e. The van der Waals surface area contributed by atoms with Crippen LogP contribution in [0.5, 0.6) is 0 Å². The van der Waals surface area contributed by atoms with E-state index in [0.29, 0.717) is 6.04 Å². The summed E-state index contributed by atoms with van der Waals surface area (Å²) in [6, 6.07) is 6.77. The average Bonchev–Trinajstić information content (AvgIpc) is 2.33. The molecule has 3 heteroatoms. The highest BCUT2D eigenvalue weighted by Gasteiger charge is 2.13. The smallest absolute Gasteiger partial charge is 0.0431 e. The first kappa shape index (κ1) is 11.1. The lowest BCUT2D eigenvalue weighted by Gasteiger charge is -2.25. The summed E-state index contributed by atoms with van der Waals surface area (Å²) in [5.41, 5.74) is 3.28. The van der Waals surface area contributed by atoms with Gasteiger partial charge in [0.25, 0.3) is 0 Å². The second kappa shape index (κ2) is 5.12. The normalized spacial score (nSPS) is 17.1. The van der Waals surface area contributed by atoms with E-state index in [1.807, 2.05) is 0 Å². The standard InChI is InChI=1S/C13H19N3/c1-10-2-3-13(11(8-10)9-14)16-12-4-6-15-7-5-12/h2-3,8-9,12,14-16H,4-7H2,1H3. The number of benzene rings is 1. The predicted molar refractivity (Wildman–Crippen MR) is 68.6 cm³/mol. The molecule has 16 heavy (non-hydrogen) atoms. The highest BCUT2D eigenvalue weighted by molar-refractivity contribution is 5.86. The van der Waals surface area contributed by atoms with Crippen LogP contribution in [-0.2, 0) is 0 Å². The molecule has 1 aliphatic rings. The van der Waals surface area contributed by atoms with E-state index in [1.165, 1.54) is 11.8 Å². The van der Waals surface area contributed by atoms with Crippen LogP contribution in [0.1, 0.15) is 24.0 Å². The summed E-state index contributed by atoms with van der Waals surface area (Å²) in [4.78, 5) is 0. The molecule has 3 nitrogen and oxygen atoms in total. The molecule has 0 spiro atoms. The van der Waals surface area contributed by atoms with E-state index in [2.05, 4.69) is 35.8 Å². The van der Waals surface area contributed by atoms with Crippen LogP contribution in [0.3, 0.4) is 0 Å². The van der Waals surface area contributed by atoms with Gasteiger partial charge in [-0.3, -0.25) is 0 Å². The molecule has 0 atom stereocenters. The van der Waals surface area contributed by atoms with Crippen LogP contribution in [0, 0.1) is 12.3 Å². The molecule has 1 aliphatic heterocycles. The fourth-order valence-electron chi connectivity index (χ4n) is 2.12. The number of piperidine rings is 1. The molecule has 1 aromatic rings. The lowest BCUT2D eigenvalue weighted by molar-refractivity contribution is 0.479. The van der Waals surface area contributed by atoms with Crippen molar-refractivity contribution >= 4 is 11.9 Å². The van der Waals surface area contributed by atoms with Crippen LogP contribution >= 0.6 is 0 Å². The van der Waals surface area contributed by atoms with Crippen LogP contribution < -0.4 is 10.6 Å². The van der Waals surface area contributed by atoms with Crippen molar-refractivity contribution in [1.82, 2.24) is 5.32 Å². The minimum absolute atomic E-state index is 0.544. The summed E-state index contributed by atoms with van der Waals surface area (Å²) in [5.74, 6) is 0. The van der Waals surface area contributed by atoms with Crippen molar-refractivity contribution in [3.63, 3.8) is 0 Å². The molecule has 1 saturated heterocycles. The molecule has 1 fully saturated rings. The third kappa shape index (κ3) is 2.61. The van der Waals surface area contributed by atoms with Crippen LogP contribution in [0.4, 0.5) is 5.69 Å². The van der Waals surface area contributed by atoms with E-state index >= 15 is 0 Å². The molecule has 2 rings (SSSR count). The molecule has 0 bridgehead atoms. The van der Waals surface area contributed by atoms with Gasteiger partial charge >= 0.3 is 0 Å². The molecule has 0 aromatic heterocycles. The van der Waals surface area contributed by atoms with Gasteiger partial charge in [-0.15, -0.1) is 0 Å². The van der Waals surface area contributed by atoms with Crippen LogP contribution in [0.2, 0.25) is 0 Å². The third-order valence-corrected chi connectivity index (χ3v) is 3.06. The van der Waals surface area contributed by atoms with Gasteiger partial charge in [0.2, 0.25) is 0 Å². The number of hydrogen-bond acceptors (Lipinski definition) is 3. The van der Waals surface area contributed by atoms with Gasteiger partial charge < -0.3 is 16.0 Å². The maximum absolute atomic E-state index is 7.42. The Kier molecular flexibility index (Phi) is 3.57. The first-order valence-corrected chi connectivity index (χ1v) is 5.88. The van der Waals surface area contributed by atoms with Gasteiger partial charge in [-0.25, -0.2) is 0 Å². The number of anilines is 1. The molecule has 1 heterocycles. The maximum atomic E-state index is 7.42. The predicted octanol–water partition coefficient (Wildman–Crippen LogP) is 2.16. The monoisotopic (exact) mass is 217 g/mol. The second-order valence-corrected chi connectivity index (χ2v) is 4.40. The number of aryl methyl sites for hydroxylation is 1. The van der Waals surface area contributed by atoms with E-state index in [-0.39, 0.29) is 0 Å². The van der Waals surface area contributed by atoms with Crippen molar-refractivity contribution in [2.75, 3.05) is 18.4 Å². The van der Waals surface area contributed by atoms with Crippen molar-refractivity contribution < 1.29 is 0 Å². The van der Waals surface area contributed by atoms with Crippen molar-refractivity contribution in [1.29, 1.82) is 5.41 Å². The van der Waals surface area contributed by atoms with Crippen LogP contribution in [0.15, 0.2) is 18.2 Å². The molecule has 1 aromatic carbocycles. The van der Waals surface area contributed by atoms with Gasteiger partial charge in [-0.1, -0.05) is 11.6 Å². The molecule has 86 valence electrons. The first-order chi connectivity index (χ1) is 7.79. The number of rotatable bonds is 3. The number of hydrogen-bond donors (Lipinski definition) is 3. The molecule has 0 unspecified atom stereocenters. The Balaban J connectivity index is 2.10. The average molecular weight is 217 g/mol. The Labute approximate surface area is 96.8 Å². The van der Waals surface area contributed by atoms with E-state index in [1.54, 1.807) is 0 Å². The fraction of sp³-hybridized carbons (Fsp3) is 0.462. The van der Waals surface area contributed by atoms with Crippen molar-refractivity contribution in [2.45, 2.75) is 25.8 Å². The van der Waals surface area contributed by atoms with Gasteiger partial charge in [0.15, 0.2) is 0 Å². The molecule has 0 amide bonds. The molecule has 3 N–H and O–H groups in total. The zero-order valence-corrected chi connectivity index (χ0v) is 9.72. The van der Waals surface area contributed by atoms with Crippen molar-refractivity contribution in [3.8, 4) is 0 Å². The fourth-order valence-corrected chi connectivity index (χ4v) is 2.12. The maximum Gasteiger partial charge on any atom is 0.0431 e. The van der Waals surface area contributed by atoms with E-state index in [0.717, 1.165) is 37.2 Å². The SMILES string of the molecule is Cc1ccc(NC2CCNCC2)c(C=N)c1. The van der Waals surface area contributed by atoms with E-state index < -0.39 is 0 Å². The summed E-state index contributed by atoms with van der Waals surface area (Å²) in [5, 5.41) is 14.3. The summed E-state index contributed by atoms with van der Waals surface area (Å²) in [7, 11) is 0. The highest BCUT2D eigenvalue weighted by atomic mass is 15.0. The van der Waals surface area contributed by atoms with Gasteiger partial charge in [0.05, 0.1) is 0 Å². The zero-order chi connectivity index (χ0) is 11.4. The highest BCUT2D eigenvalue weighted by Crippen LogP contribution is 2.18. The second-order valence-electron chi connectivity index (χ2n) is 4.40. The Morgan fingerprint density at radius 1 is 1.38 bits per heavy atom. The van der Waals surface area contributed by atoms with Gasteiger partial charge in [0, 0.05) is 23.5 Å². The van der Waals surface area contributed by atoms with Gasteiger partial charge in [-0.05, 0) is 45.0 Å². The topological polar surface area (TPSA) is 47.9 Å². The molecular weight excluding hydrogens is 198 g/mol. The minimum atomic E-state index is 0.544. The zero-order valence-electron chi connectivity index (χ0n) is 9.72. The summed E-state index contributed by atoms with van der Waals surface area (Å²) in [6.45, 7) is 4.23. The van der Waals surface area contributed by atoms with Crippen molar-refractivity contribution in [2.24, 2.45) is 0 Å². The quantitative estimate of drug-likeness (QED) is 0.679. The largest absolute Gasteiger partial charge is 0.382 e. The first-order valence-electron chi connectivity index (χ1n) is 5.88. The number of nitrogens with one attached hydrogen (secondary N) is 3.